The average molecular weight is 308 g/mol. The molecule has 0 unspecified atom stereocenters. The Labute approximate surface area is 127 Å². The van der Waals surface area contributed by atoms with Crippen LogP contribution in [0.1, 0.15) is 11.1 Å². The van der Waals surface area contributed by atoms with Crippen molar-refractivity contribution in [3.05, 3.63) is 52.5 Å². The first kappa shape index (κ1) is 14.5. The van der Waals surface area contributed by atoms with Gasteiger partial charge in [-0.2, -0.15) is 5.26 Å². The van der Waals surface area contributed by atoms with E-state index >= 15 is 0 Å². The Balaban J connectivity index is 2.30. The molecule has 0 saturated heterocycles. The summed E-state index contributed by atoms with van der Waals surface area (Å²) in [4.78, 5) is 0. The number of nitrogens with zero attached hydrogens (tertiary/aromatic N) is 1. The quantitative estimate of drug-likeness (QED) is 0.765. The van der Waals surface area contributed by atoms with Crippen molar-refractivity contribution in [2.75, 3.05) is 7.11 Å². The minimum Gasteiger partial charge on any atom is -0.497 e. The maximum Gasteiger partial charge on any atom is 0.132 e. The van der Waals surface area contributed by atoms with Gasteiger partial charge in [-0.3, -0.25) is 0 Å². The number of hydrogen-bond donors (Lipinski definition) is 0. The predicted octanol–water partition coefficient (Wildman–Crippen LogP) is 4.75. The summed E-state index contributed by atoms with van der Waals surface area (Å²) in [7, 11) is 1.53. The number of alkyl halides is 1. The molecule has 0 atom stereocenters. The van der Waals surface area contributed by atoms with Gasteiger partial charge in [-0.25, -0.2) is 0 Å². The van der Waals surface area contributed by atoms with Gasteiger partial charge in [0.25, 0.3) is 0 Å². The van der Waals surface area contributed by atoms with Crippen molar-refractivity contribution in [1.29, 1.82) is 5.26 Å². The molecule has 20 heavy (non-hydrogen) atoms. The van der Waals surface area contributed by atoms with Crippen molar-refractivity contribution in [3.8, 4) is 23.3 Å². The summed E-state index contributed by atoms with van der Waals surface area (Å²) in [6.07, 6.45) is 0. The highest BCUT2D eigenvalue weighted by Gasteiger charge is 2.06. The summed E-state index contributed by atoms with van der Waals surface area (Å²) in [5.74, 6) is 1.98. The van der Waals surface area contributed by atoms with E-state index in [0.29, 0.717) is 33.7 Å². The largest absolute Gasteiger partial charge is 0.497 e. The standard InChI is InChI=1S/C15H11Cl2NO2/c1-19-13-4-10(9-18)5-14(6-13)20-12-3-2-11(8-16)15(17)7-12/h2-7H,8H2,1H3. The lowest BCUT2D eigenvalue weighted by atomic mass is 10.2. The van der Waals surface area contributed by atoms with Gasteiger partial charge in [0.1, 0.15) is 17.2 Å². The van der Waals surface area contributed by atoms with E-state index < -0.39 is 0 Å². The molecule has 0 fully saturated rings. The van der Waals surface area contributed by atoms with E-state index in [1.807, 2.05) is 0 Å². The molecule has 0 aliphatic rings. The van der Waals surface area contributed by atoms with Crippen molar-refractivity contribution in [2.45, 2.75) is 5.88 Å². The highest BCUT2D eigenvalue weighted by Crippen LogP contribution is 2.30. The lowest BCUT2D eigenvalue weighted by Crippen LogP contribution is -1.90. The van der Waals surface area contributed by atoms with Crippen molar-refractivity contribution >= 4 is 23.2 Å². The minimum atomic E-state index is 0.344. The molecule has 2 aromatic carbocycles. The first-order chi connectivity index (χ1) is 9.66. The van der Waals surface area contributed by atoms with Gasteiger partial charge in [-0.05, 0) is 29.8 Å². The molecule has 3 nitrogen and oxygen atoms in total. The van der Waals surface area contributed by atoms with E-state index in [9.17, 15) is 0 Å². The molecule has 0 aliphatic heterocycles. The van der Waals surface area contributed by atoms with Crippen LogP contribution < -0.4 is 9.47 Å². The normalized spacial score (nSPS) is 9.90. The molecule has 0 aliphatic carbocycles. The monoisotopic (exact) mass is 307 g/mol. The van der Waals surface area contributed by atoms with Crippen LogP contribution in [0.2, 0.25) is 5.02 Å². The van der Waals surface area contributed by atoms with Gasteiger partial charge in [0.15, 0.2) is 0 Å². The molecule has 0 bridgehead atoms. The molecule has 2 rings (SSSR count). The summed E-state index contributed by atoms with van der Waals surface area (Å²) in [6, 6.07) is 12.3. The van der Waals surface area contributed by atoms with Crippen LogP contribution in [-0.4, -0.2) is 7.11 Å². The summed E-state index contributed by atoms with van der Waals surface area (Å²) < 4.78 is 10.8. The zero-order valence-electron chi connectivity index (χ0n) is 10.7. The highest BCUT2D eigenvalue weighted by atomic mass is 35.5. The summed E-state index contributed by atoms with van der Waals surface area (Å²) in [5.41, 5.74) is 1.30. The fraction of sp³-hybridized carbons (Fsp3) is 0.133. The van der Waals surface area contributed by atoms with E-state index in [1.165, 1.54) is 7.11 Å². The van der Waals surface area contributed by atoms with Gasteiger partial charge in [0.2, 0.25) is 0 Å². The molecule has 102 valence electrons. The topological polar surface area (TPSA) is 42.2 Å². The van der Waals surface area contributed by atoms with Crippen LogP contribution in [0, 0.1) is 11.3 Å². The number of benzene rings is 2. The molecule has 0 amide bonds. The third-order valence-electron chi connectivity index (χ3n) is 2.65. The van der Waals surface area contributed by atoms with Crippen LogP contribution in [0.3, 0.4) is 0 Å². The van der Waals surface area contributed by atoms with E-state index in [2.05, 4.69) is 6.07 Å². The molecule has 0 radical (unpaired) electrons. The smallest absolute Gasteiger partial charge is 0.132 e. The van der Waals surface area contributed by atoms with Gasteiger partial charge in [-0.1, -0.05) is 17.7 Å². The third-order valence-corrected chi connectivity index (χ3v) is 3.29. The second kappa shape index (κ2) is 6.51. The van der Waals surface area contributed by atoms with E-state index in [0.717, 1.165) is 5.56 Å². The predicted molar refractivity (Wildman–Crippen MR) is 78.8 cm³/mol. The molecule has 0 spiro atoms. The van der Waals surface area contributed by atoms with Gasteiger partial charge in [0.05, 0.1) is 18.7 Å². The molecule has 0 saturated carbocycles. The lowest BCUT2D eigenvalue weighted by Gasteiger charge is -2.09. The van der Waals surface area contributed by atoms with Gasteiger partial charge < -0.3 is 9.47 Å². The molecular formula is C15H11Cl2NO2. The molecular weight excluding hydrogens is 297 g/mol. The summed E-state index contributed by atoms with van der Waals surface area (Å²) in [6.45, 7) is 0. The SMILES string of the molecule is COc1cc(C#N)cc(Oc2ccc(CCl)c(Cl)c2)c1. The molecule has 0 heterocycles. The number of halogens is 2. The molecule has 0 aromatic heterocycles. The zero-order valence-corrected chi connectivity index (χ0v) is 12.2. The maximum absolute atomic E-state index is 8.96. The molecule has 0 N–H and O–H groups in total. The van der Waals surface area contributed by atoms with Crippen LogP contribution in [-0.2, 0) is 5.88 Å². The van der Waals surface area contributed by atoms with E-state index in [1.54, 1.807) is 36.4 Å². The van der Waals surface area contributed by atoms with Crippen molar-refractivity contribution < 1.29 is 9.47 Å². The zero-order chi connectivity index (χ0) is 14.5. The van der Waals surface area contributed by atoms with Crippen LogP contribution in [0.15, 0.2) is 36.4 Å². The Kier molecular flexibility index (Phi) is 4.73. The van der Waals surface area contributed by atoms with E-state index in [-0.39, 0.29) is 0 Å². The number of methoxy groups -OCH3 is 1. The first-order valence-electron chi connectivity index (χ1n) is 5.77. The Bertz CT molecular complexity index is 665. The Morgan fingerprint density at radius 1 is 1.10 bits per heavy atom. The number of nitriles is 1. The highest BCUT2D eigenvalue weighted by molar-refractivity contribution is 6.32. The van der Waals surface area contributed by atoms with Gasteiger partial charge >= 0.3 is 0 Å². The van der Waals surface area contributed by atoms with Crippen molar-refractivity contribution in [1.82, 2.24) is 0 Å². The van der Waals surface area contributed by atoms with Crippen LogP contribution in [0.25, 0.3) is 0 Å². The summed E-state index contributed by atoms with van der Waals surface area (Å²) >= 11 is 11.8. The Hall–Kier alpha value is -1.89. The van der Waals surface area contributed by atoms with Crippen LogP contribution in [0.5, 0.6) is 17.2 Å². The maximum atomic E-state index is 8.96. The number of ether oxygens (including phenoxy) is 2. The fourth-order valence-corrected chi connectivity index (χ4v) is 2.19. The molecule has 5 heteroatoms. The minimum absolute atomic E-state index is 0.344. The third kappa shape index (κ3) is 3.36. The van der Waals surface area contributed by atoms with Crippen LogP contribution >= 0.6 is 23.2 Å². The lowest BCUT2D eigenvalue weighted by molar-refractivity contribution is 0.409. The van der Waals surface area contributed by atoms with Gasteiger partial charge in [0, 0.05) is 17.0 Å². The van der Waals surface area contributed by atoms with Crippen molar-refractivity contribution in [2.24, 2.45) is 0 Å². The molecule has 2 aromatic rings. The van der Waals surface area contributed by atoms with Gasteiger partial charge in [-0.15, -0.1) is 11.6 Å². The second-order valence-electron chi connectivity index (χ2n) is 4.00. The van der Waals surface area contributed by atoms with Crippen LogP contribution in [0.4, 0.5) is 0 Å². The second-order valence-corrected chi connectivity index (χ2v) is 4.67. The Morgan fingerprint density at radius 3 is 2.45 bits per heavy atom. The fourth-order valence-electron chi connectivity index (χ4n) is 1.65. The number of rotatable bonds is 4. The first-order valence-corrected chi connectivity index (χ1v) is 6.69. The van der Waals surface area contributed by atoms with E-state index in [4.69, 9.17) is 37.9 Å². The average Bonchev–Trinajstić information content (AvgIpc) is 2.47. The van der Waals surface area contributed by atoms with Crippen molar-refractivity contribution in [3.63, 3.8) is 0 Å². The number of hydrogen-bond acceptors (Lipinski definition) is 3. The summed E-state index contributed by atoms with van der Waals surface area (Å²) in [5, 5.41) is 9.51. The Morgan fingerprint density at radius 2 is 1.85 bits per heavy atom.